The van der Waals surface area contributed by atoms with Crippen molar-refractivity contribution in [1.29, 1.82) is 0 Å². The van der Waals surface area contributed by atoms with Gasteiger partial charge in [0, 0.05) is 12.2 Å². The molecular formula is C16H26IN3O. The molecule has 4 nitrogen and oxygen atoms in total. The predicted octanol–water partition coefficient (Wildman–Crippen LogP) is 3.87. The summed E-state index contributed by atoms with van der Waals surface area (Å²) in [6, 6.07) is 7.67. The van der Waals surface area contributed by atoms with E-state index in [1.54, 1.807) is 7.11 Å². The van der Waals surface area contributed by atoms with E-state index >= 15 is 0 Å². The Labute approximate surface area is 144 Å². The van der Waals surface area contributed by atoms with Crippen LogP contribution in [0.5, 0.6) is 5.75 Å². The molecule has 0 radical (unpaired) electrons. The van der Waals surface area contributed by atoms with Crippen molar-refractivity contribution in [2.75, 3.05) is 19.0 Å². The van der Waals surface area contributed by atoms with Gasteiger partial charge in [0.2, 0.25) is 0 Å². The third-order valence-corrected chi connectivity index (χ3v) is 4.02. The summed E-state index contributed by atoms with van der Waals surface area (Å²) in [4.78, 5) is 4.46. The van der Waals surface area contributed by atoms with Crippen LogP contribution in [0.4, 0.5) is 5.69 Å². The Morgan fingerprint density at radius 1 is 1.24 bits per heavy atom. The van der Waals surface area contributed by atoms with Crippen LogP contribution in [-0.2, 0) is 0 Å². The first kappa shape index (κ1) is 18.1. The zero-order valence-electron chi connectivity index (χ0n) is 12.8. The smallest absolute Gasteiger partial charge is 0.193 e. The molecule has 1 aromatic rings. The van der Waals surface area contributed by atoms with Crippen LogP contribution < -0.4 is 15.8 Å². The van der Waals surface area contributed by atoms with Gasteiger partial charge in [0.1, 0.15) is 5.75 Å². The van der Waals surface area contributed by atoms with Crippen LogP contribution >= 0.6 is 24.0 Å². The van der Waals surface area contributed by atoms with Crippen LogP contribution in [0, 0.1) is 11.8 Å². The molecule has 1 aliphatic carbocycles. The fourth-order valence-corrected chi connectivity index (χ4v) is 2.60. The van der Waals surface area contributed by atoms with Crippen molar-refractivity contribution in [1.82, 2.24) is 0 Å². The number of hydrogen-bond acceptors (Lipinski definition) is 2. The maximum atomic E-state index is 5.93. The van der Waals surface area contributed by atoms with Gasteiger partial charge in [0.25, 0.3) is 0 Å². The standard InChI is InChI=1S/C16H25N3O.HI/c1-12-3-5-13(6-4-12)11-18-16(17)19-14-7-9-15(20-2)10-8-14;/h7-10,12-13H,3-6,11H2,1-2H3,(H3,17,18,19);1H. The van der Waals surface area contributed by atoms with Crippen LogP contribution in [0.25, 0.3) is 0 Å². The van der Waals surface area contributed by atoms with Crippen molar-refractivity contribution in [2.45, 2.75) is 32.6 Å². The summed E-state index contributed by atoms with van der Waals surface area (Å²) in [7, 11) is 1.66. The lowest BCUT2D eigenvalue weighted by atomic mass is 9.83. The van der Waals surface area contributed by atoms with Crippen LogP contribution in [0.2, 0.25) is 0 Å². The molecule has 0 bridgehead atoms. The molecule has 1 fully saturated rings. The van der Waals surface area contributed by atoms with Gasteiger partial charge in [-0.15, -0.1) is 24.0 Å². The first-order chi connectivity index (χ1) is 9.67. The van der Waals surface area contributed by atoms with Gasteiger partial charge < -0.3 is 15.8 Å². The number of nitrogens with two attached hydrogens (primary N) is 1. The number of rotatable bonds is 4. The summed E-state index contributed by atoms with van der Waals surface area (Å²) < 4.78 is 5.12. The average molecular weight is 403 g/mol. The van der Waals surface area contributed by atoms with E-state index in [2.05, 4.69) is 17.2 Å². The highest BCUT2D eigenvalue weighted by atomic mass is 127. The second-order valence-electron chi connectivity index (χ2n) is 5.71. The molecule has 0 spiro atoms. The van der Waals surface area contributed by atoms with Crippen molar-refractivity contribution in [3.63, 3.8) is 0 Å². The van der Waals surface area contributed by atoms with Crippen LogP contribution in [0.15, 0.2) is 29.3 Å². The third kappa shape index (κ3) is 6.11. The van der Waals surface area contributed by atoms with E-state index in [0.717, 1.165) is 23.9 Å². The van der Waals surface area contributed by atoms with Crippen molar-refractivity contribution >= 4 is 35.6 Å². The molecule has 0 saturated heterocycles. The minimum atomic E-state index is 0. The van der Waals surface area contributed by atoms with Crippen molar-refractivity contribution < 1.29 is 4.74 Å². The second-order valence-corrected chi connectivity index (χ2v) is 5.71. The molecular weight excluding hydrogens is 377 g/mol. The molecule has 1 saturated carbocycles. The Kier molecular flexibility index (Phi) is 7.85. The van der Waals surface area contributed by atoms with Gasteiger partial charge >= 0.3 is 0 Å². The quantitative estimate of drug-likeness (QED) is 0.456. The minimum absolute atomic E-state index is 0. The molecule has 0 amide bonds. The number of ether oxygens (including phenoxy) is 1. The van der Waals surface area contributed by atoms with E-state index in [9.17, 15) is 0 Å². The summed E-state index contributed by atoms with van der Waals surface area (Å²) in [5.74, 6) is 2.91. The molecule has 0 heterocycles. The number of aliphatic imine (C=N–C) groups is 1. The van der Waals surface area contributed by atoms with E-state index in [0.29, 0.717) is 11.9 Å². The van der Waals surface area contributed by atoms with Crippen LogP contribution in [0.1, 0.15) is 32.6 Å². The minimum Gasteiger partial charge on any atom is -0.497 e. The molecule has 2 rings (SSSR count). The fraction of sp³-hybridized carbons (Fsp3) is 0.562. The largest absolute Gasteiger partial charge is 0.497 e. The van der Waals surface area contributed by atoms with Crippen LogP contribution in [-0.4, -0.2) is 19.6 Å². The summed E-state index contributed by atoms with van der Waals surface area (Å²) in [6.07, 6.45) is 5.21. The molecule has 1 aliphatic rings. The Bertz CT molecular complexity index is 439. The molecule has 0 aromatic heterocycles. The normalized spacial score (nSPS) is 22.3. The van der Waals surface area contributed by atoms with Gasteiger partial charge in [-0.3, -0.25) is 4.99 Å². The molecule has 1 aromatic carbocycles. The Morgan fingerprint density at radius 2 is 1.86 bits per heavy atom. The van der Waals surface area contributed by atoms with E-state index in [1.165, 1.54) is 25.7 Å². The zero-order valence-corrected chi connectivity index (χ0v) is 15.2. The Hall–Kier alpha value is -0.980. The van der Waals surface area contributed by atoms with Crippen molar-refractivity contribution in [3.05, 3.63) is 24.3 Å². The number of halogens is 1. The Morgan fingerprint density at radius 3 is 2.43 bits per heavy atom. The molecule has 0 unspecified atom stereocenters. The summed E-state index contributed by atoms with van der Waals surface area (Å²) in [5.41, 5.74) is 6.86. The maximum absolute atomic E-state index is 5.93. The Balaban J connectivity index is 0.00000220. The third-order valence-electron chi connectivity index (χ3n) is 4.02. The highest BCUT2D eigenvalue weighted by molar-refractivity contribution is 14.0. The maximum Gasteiger partial charge on any atom is 0.193 e. The fourth-order valence-electron chi connectivity index (χ4n) is 2.60. The highest BCUT2D eigenvalue weighted by Crippen LogP contribution is 2.28. The van der Waals surface area contributed by atoms with E-state index < -0.39 is 0 Å². The van der Waals surface area contributed by atoms with E-state index in [1.807, 2.05) is 24.3 Å². The first-order valence-corrected chi connectivity index (χ1v) is 7.38. The molecule has 3 N–H and O–H groups in total. The number of anilines is 1. The van der Waals surface area contributed by atoms with Gasteiger partial charge in [-0.2, -0.15) is 0 Å². The number of hydrogen-bond donors (Lipinski definition) is 2. The number of nitrogens with one attached hydrogen (secondary N) is 1. The lowest BCUT2D eigenvalue weighted by molar-refractivity contribution is 0.296. The number of benzene rings is 1. The first-order valence-electron chi connectivity index (χ1n) is 7.38. The van der Waals surface area contributed by atoms with E-state index in [4.69, 9.17) is 10.5 Å². The van der Waals surface area contributed by atoms with Gasteiger partial charge in [-0.05, 0) is 48.9 Å². The topological polar surface area (TPSA) is 59.6 Å². The number of guanidine groups is 1. The molecule has 21 heavy (non-hydrogen) atoms. The zero-order chi connectivity index (χ0) is 14.4. The summed E-state index contributed by atoms with van der Waals surface area (Å²) in [6.45, 7) is 3.17. The monoisotopic (exact) mass is 403 g/mol. The number of methoxy groups -OCH3 is 1. The van der Waals surface area contributed by atoms with E-state index in [-0.39, 0.29) is 24.0 Å². The number of nitrogens with zero attached hydrogens (tertiary/aromatic N) is 1. The second kappa shape index (κ2) is 9.12. The summed E-state index contributed by atoms with van der Waals surface area (Å²) >= 11 is 0. The lowest BCUT2D eigenvalue weighted by Crippen LogP contribution is -2.24. The van der Waals surface area contributed by atoms with Gasteiger partial charge in [-0.25, -0.2) is 0 Å². The predicted molar refractivity (Wildman–Crippen MR) is 99.6 cm³/mol. The molecule has 118 valence electrons. The average Bonchev–Trinajstić information content (AvgIpc) is 2.47. The molecule has 0 aliphatic heterocycles. The molecule has 5 heteroatoms. The van der Waals surface area contributed by atoms with Gasteiger partial charge in [0.05, 0.1) is 7.11 Å². The molecule has 0 atom stereocenters. The van der Waals surface area contributed by atoms with Crippen molar-refractivity contribution in [2.24, 2.45) is 22.6 Å². The summed E-state index contributed by atoms with van der Waals surface area (Å²) in [5, 5.41) is 3.11. The highest BCUT2D eigenvalue weighted by Gasteiger charge is 2.17. The SMILES string of the molecule is COc1ccc(NC(N)=NCC2CCC(C)CC2)cc1.I. The van der Waals surface area contributed by atoms with Gasteiger partial charge in [-0.1, -0.05) is 19.8 Å². The van der Waals surface area contributed by atoms with Crippen LogP contribution in [0.3, 0.4) is 0 Å². The lowest BCUT2D eigenvalue weighted by Gasteiger charge is -2.24. The van der Waals surface area contributed by atoms with Crippen molar-refractivity contribution in [3.8, 4) is 5.75 Å². The van der Waals surface area contributed by atoms with Gasteiger partial charge in [0.15, 0.2) is 5.96 Å².